The second kappa shape index (κ2) is 9.56. The molecule has 0 aromatic heterocycles. The van der Waals surface area contributed by atoms with E-state index in [1.807, 2.05) is 24.3 Å². The maximum Gasteiger partial charge on any atom is 0.162 e. The standard InChI is InChI=1S/C23H25FO3/c24-21-12-7-18(8-13-21)16-27-15-17-5-9-20(10-6-17)23(26)14-11-19-3-1-2-4-22(19)25/h5-10,12-13,19H,1-4,11,14-16H2. The quantitative estimate of drug-likeness (QED) is 0.597. The van der Waals surface area contributed by atoms with Crippen molar-refractivity contribution in [3.8, 4) is 0 Å². The highest BCUT2D eigenvalue weighted by Crippen LogP contribution is 2.25. The third-order valence-corrected chi connectivity index (χ3v) is 5.13. The van der Waals surface area contributed by atoms with E-state index in [2.05, 4.69) is 0 Å². The summed E-state index contributed by atoms with van der Waals surface area (Å²) >= 11 is 0. The third kappa shape index (κ3) is 5.83. The molecule has 142 valence electrons. The first-order valence-corrected chi connectivity index (χ1v) is 9.59. The smallest absolute Gasteiger partial charge is 0.162 e. The van der Waals surface area contributed by atoms with E-state index in [4.69, 9.17) is 4.74 Å². The number of ketones is 2. The number of carbonyl (C=O) groups is 2. The maximum absolute atomic E-state index is 12.9. The molecule has 0 aliphatic heterocycles. The largest absolute Gasteiger partial charge is 0.372 e. The van der Waals surface area contributed by atoms with Crippen LogP contribution in [0.5, 0.6) is 0 Å². The summed E-state index contributed by atoms with van der Waals surface area (Å²) in [5.41, 5.74) is 2.58. The van der Waals surface area contributed by atoms with Crippen molar-refractivity contribution >= 4 is 11.6 Å². The molecule has 0 radical (unpaired) electrons. The molecule has 0 N–H and O–H groups in total. The average molecular weight is 368 g/mol. The van der Waals surface area contributed by atoms with Gasteiger partial charge in [0.2, 0.25) is 0 Å². The predicted octanol–water partition coefficient (Wildman–Crippen LogP) is 5.26. The molecule has 1 aliphatic rings. The highest BCUT2D eigenvalue weighted by Gasteiger charge is 2.22. The molecule has 0 bridgehead atoms. The number of Topliss-reactive ketones (excluding diaryl/α,β-unsaturated/α-hetero) is 2. The van der Waals surface area contributed by atoms with E-state index in [0.717, 1.165) is 30.4 Å². The SMILES string of the molecule is O=C(CCC1CCCCC1=O)c1ccc(COCc2ccc(F)cc2)cc1. The van der Waals surface area contributed by atoms with Crippen LogP contribution in [0, 0.1) is 11.7 Å². The lowest BCUT2D eigenvalue weighted by Gasteiger charge is -2.19. The number of ether oxygens (including phenoxy) is 1. The second-order valence-corrected chi connectivity index (χ2v) is 7.19. The van der Waals surface area contributed by atoms with Crippen LogP contribution in [-0.4, -0.2) is 11.6 Å². The van der Waals surface area contributed by atoms with Gasteiger partial charge in [-0.25, -0.2) is 4.39 Å². The Hall–Kier alpha value is -2.33. The Morgan fingerprint density at radius 3 is 2.22 bits per heavy atom. The average Bonchev–Trinajstić information content (AvgIpc) is 2.69. The van der Waals surface area contributed by atoms with E-state index in [1.165, 1.54) is 12.1 Å². The number of hydrogen-bond donors (Lipinski definition) is 0. The molecule has 3 nitrogen and oxygen atoms in total. The topological polar surface area (TPSA) is 43.4 Å². The van der Waals surface area contributed by atoms with E-state index in [1.54, 1.807) is 12.1 Å². The van der Waals surface area contributed by atoms with Gasteiger partial charge in [-0.3, -0.25) is 9.59 Å². The number of rotatable bonds is 8. The molecule has 2 aromatic rings. The molecule has 27 heavy (non-hydrogen) atoms. The van der Waals surface area contributed by atoms with E-state index in [-0.39, 0.29) is 17.5 Å². The van der Waals surface area contributed by atoms with Gasteiger partial charge in [-0.1, -0.05) is 42.8 Å². The van der Waals surface area contributed by atoms with E-state index in [0.29, 0.717) is 43.8 Å². The molecule has 0 amide bonds. The second-order valence-electron chi connectivity index (χ2n) is 7.19. The zero-order valence-electron chi connectivity index (χ0n) is 15.5. The highest BCUT2D eigenvalue weighted by molar-refractivity contribution is 5.96. The van der Waals surface area contributed by atoms with Crippen molar-refractivity contribution in [3.63, 3.8) is 0 Å². The molecule has 3 rings (SSSR count). The minimum Gasteiger partial charge on any atom is -0.372 e. The van der Waals surface area contributed by atoms with Crippen LogP contribution in [0.3, 0.4) is 0 Å². The summed E-state index contributed by atoms with van der Waals surface area (Å²) < 4.78 is 18.5. The van der Waals surface area contributed by atoms with Crippen LogP contribution in [0.1, 0.15) is 60.0 Å². The fourth-order valence-electron chi connectivity index (χ4n) is 3.46. The van der Waals surface area contributed by atoms with Crippen LogP contribution in [0.2, 0.25) is 0 Å². The molecule has 0 spiro atoms. The Balaban J connectivity index is 1.44. The third-order valence-electron chi connectivity index (χ3n) is 5.13. The van der Waals surface area contributed by atoms with Crippen molar-refractivity contribution in [2.75, 3.05) is 0 Å². The van der Waals surface area contributed by atoms with Crippen molar-refractivity contribution in [3.05, 3.63) is 71.0 Å². The first-order chi connectivity index (χ1) is 13.1. The van der Waals surface area contributed by atoms with Gasteiger partial charge < -0.3 is 4.74 Å². The molecule has 1 fully saturated rings. The number of halogens is 1. The van der Waals surface area contributed by atoms with Crippen LogP contribution >= 0.6 is 0 Å². The first-order valence-electron chi connectivity index (χ1n) is 9.59. The molecular weight excluding hydrogens is 343 g/mol. The molecule has 2 aromatic carbocycles. The molecule has 1 aliphatic carbocycles. The zero-order valence-corrected chi connectivity index (χ0v) is 15.5. The number of benzene rings is 2. The van der Waals surface area contributed by atoms with Gasteiger partial charge in [-0.15, -0.1) is 0 Å². The van der Waals surface area contributed by atoms with Crippen molar-refractivity contribution in [2.24, 2.45) is 5.92 Å². The van der Waals surface area contributed by atoms with Gasteiger partial charge in [0.25, 0.3) is 0 Å². The lowest BCUT2D eigenvalue weighted by molar-refractivity contribution is -0.124. The van der Waals surface area contributed by atoms with Crippen LogP contribution in [0.15, 0.2) is 48.5 Å². The lowest BCUT2D eigenvalue weighted by Crippen LogP contribution is -2.19. The van der Waals surface area contributed by atoms with Crippen LogP contribution in [0.25, 0.3) is 0 Å². The molecule has 4 heteroatoms. The normalized spacial score (nSPS) is 17.1. The van der Waals surface area contributed by atoms with E-state index < -0.39 is 0 Å². The molecule has 1 atom stereocenters. The van der Waals surface area contributed by atoms with Gasteiger partial charge in [0.1, 0.15) is 11.6 Å². The lowest BCUT2D eigenvalue weighted by atomic mass is 9.84. The monoisotopic (exact) mass is 368 g/mol. The summed E-state index contributed by atoms with van der Waals surface area (Å²) in [5.74, 6) is 0.226. The predicted molar refractivity (Wildman–Crippen MR) is 102 cm³/mol. The van der Waals surface area contributed by atoms with E-state index >= 15 is 0 Å². The van der Waals surface area contributed by atoms with E-state index in [9.17, 15) is 14.0 Å². The van der Waals surface area contributed by atoms with Crippen LogP contribution in [-0.2, 0) is 22.7 Å². The van der Waals surface area contributed by atoms with Crippen molar-refractivity contribution in [2.45, 2.75) is 51.7 Å². The Kier molecular flexibility index (Phi) is 6.88. The maximum atomic E-state index is 12.9. The van der Waals surface area contributed by atoms with Gasteiger partial charge in [0.05, 0.1) is 13.2 Å². The first kappa shape index (κ1) is 19.4. The summed E-state index contributed by atoms with van der Waals surface area (Å²) in [5, 5.41) is 0. The summed E-state index contributed by atoms with van der Waals surface area (Å²) in [6.07, 6.45) is 4.78. The number of carbonyl (C=O) groups excluding carboxylic acids is 2. The molecule has 0 heterocycles. The Morgan fingerprint density at radius 1 is 0.963 bits per heavy atom. The molecule has 1 saturated carbocycles. The highest BCUT2D eigenvalue weighted by atomic mass is 19.1. The van der Waals surface area contributed by atoms with Gasteiger partial charge in [0, 0.05) is 24.3 Å². The van der Waals surface area contributed by atoms with Gasteiger partial charge >= 0.3 is 0 Å². The Morgan fingerprint density at radius 2 is 1.59 bits per heavy atom. The Labute approximate surface area is 159 Å². The fourth-order valence-corrected chi connectivity index (χ4v) is 3.46. The van der Waals surface area contributed by atoms with Crippen molar-refractivity contribution in [1.29, 1.82) is 0 Å². The minimum atomic E-state index is -0.258. The van der Waals surface area contributed by atoms with Crippen LogP contribution in [0.4, 0.5) is 4.39 Å². The minimum absolute atomic E-state index is 0.0711. The van der Waals surface area contributed by atoms with Gasteiger partial charge in [0.15, 0.2) is 5.78 Å². The van der Waals surface area contributed by atoms with Gasteiger partial charge in [-0.05, 0) is 42.5 Å². The molecule has 0 saturated heterocycles. The summed E-state index contributed by atoms with van der Waals surface area (Å²) in [6.45, 7) is 0.846. The molecular formula is C23H25FO3. The summed E-state index contributed by atoms with van der Waals surface area (Å²) in [4.78, 5) is 24.2. The van der Waals surface area contributed by atoms with Gasteiger partial charge in [-0.2, -0.15) is 0 Å². The fraction of sp³-hybridized carbons (Fsp3) is 0.391. The Bertz CT molecular complexity index is 765. The summed E-state index contributed by atoms with van der Waals surface area (Å²) in [7, 11) is 0. The number of hydrogen-bond acceptors (Lipinski definition) is 3. The molecule has 1 unspecified atom stereocenters. The van der Waals surface area contributed by atoms with Crippen LogP contribution < -0.4 is 0 Å². The summed E-state index contributed by atoms with van der Waals surface area (Å²) in [6, 6.07) is 13.7. The zero-order chi connectivity index (χ0) is 19.1. The van der Waals surface area contributed by atoms with Crippen molar-refractivity contribution < 1.29 is 18.7 Å². The van der Waals surface area contributed by atoms with Crippen molar-refractivity contribution in [1.82, 2.24) is 0 Å².